The Labute approximate surface area is 198 Å². The highest BCUT2D eigenvalue weighted by Gasteiger charge is 2.17. The summed E-state index contributed by atoms with van der Waals surface area (Å²) < 4.78 is 1.73. The number of hydrogen-bond acceptors (Lipinski definition) is 5. The largest absolute Gasteiger partial charge is 0.353 e. The molecule has 1 aromatic carbocycles. The molecule has 1 aliphatic rings. The topological polar surface area (TPSA) is 88.9 Å². The molecule has 2 aromatic heterocycles. The average molecular weight is 466 g/mol. The van der Waals surface area contributed by atoms with Gasteiger partial charge in [0, 0.05) is 23.4 Å². The van der Waals surface area contributed by atoms with E-state index in [9.17, 15) is 9.59 Å². The SMILES string of the molecule is Cc1nn(C)c2ncc(NC(=O)c3ccccc3SCC(=O)NC3CCCCCCC3)cc12. The number of hydrogen-bond donors (Lipinski definition) is 2. The number of amides is 2. The lowest BCUT2D eigenvalue weighted by atomic mass is 9.97. The lowest BCUT2D eigenvalue weighted by molar-refractivity contribution is -0.119. The summed E-state index contributed by atoms with van der Waals surface area (Å²) in [4.78, 5) is 30.8. The van der Waals surface area contributed by atoms with Crippen LogP contribution < -0.4 is 10.6 Å². The number of aryl methyl sites for hydroxylation is 2. The van der Waals surface area contributed by atoms with E-state index in [0.29, 0.717) is 17.0 Å². The Morgan fingerprint density at radius 1 is 1.12 bits per heavy atom. The second-order valence-corrected chi connectivity index (χ2v) is 9.67. The summed E-state index contributed by atoms with van der Waals surface area (Å²) in [7, 11) is 1.85. The van der Waals surface area contributed by atoms with Crippen LogP contribution in [0.5, 0.6) is 0 Å². The van der Waals surface area contributed by atoms with Crippen LogP contribution in [0.25, 0.3) is 11.0 Å². The number of rotatable bonds is 6. The van der Waals surface area contributed by atoms with E-state index < -0.39 is 0 Å². The predicted molar refractivity (Wildman–Crippen MR) is 133 cm³/mol. The monoisotopic (exact) mass is 465 g/mol. The van der Waals surface area contributed by atoms with Crippen molar-refractivity contribution in [2.45, 2.75) is 62.8 Å². The highest BCUT2D eigenvalue weighted by atomic mass is 32.2. The van der Waals surface area contributed by atoms with Crippen molar-refractivity contribution in [1.29, 1.82) is 0 Å². The predicted octanol–water partition coefficient (Wildman–Crippen LogP) is 4.85. The van der Waals surface area contributed by atoms with Crippen LogP contribution in [-0.4, -0.2) is 38.4 Å². The summed E-state index contributed by atoms with van der Waals surface area (Å²) >= 11 is 1.40. The first kappa shape index (κ1) is 23.3. The maximum atomic E-state index is 13.0. The maximum absolute atomic E-state index is 13.0. The first-order chi connectivity index (χ1) is 16.0. The van der Waals surface area contributed by atoms with Gasteiger partial charge in [-0.15, -0.1) is 11.8 Å². The van der Waals surface area contributed by atoms with Crippen molar-refractivity contribution in [1.82, 2.24) is 20.1 Å². The first-order valence-corrected chi connectivity index (χ1v) is 12.6. The molecule has 0 saturated heterocycles. The second kappa shape index (κ2) is 10.8. The quantitative estimate of drug-likeness (QED) is 0.508. The molecule has 8 heteroatoms. The Kier molecular flexibility index (Phi) is 7.65. The molecule has 0 unspecified atom stereocenters. The summed E-state index contributed by atoms with van der Waals surface area (Å²) in [6.07, 6.45) is 9.94. The standard InChI is InChI=1S/C25H31N5O2S/c1-17-21-14-19(15-26-24(21)30(2)29-17)28-25(32)20-12-8-9-13-22(20)33-16-23(31)27-18-10-6-4-3-5-7-11-18/h8-9,12-15,18H,3-7,10-11,16H2,1-2H3,(H,27,31)(H,28,32). The number of thioether (sulfide) groups is 1. The number of nitrogens with one attached hydrogen (secondary N) is 2. The van der Waals surface area contributed by atoms with E-state index >= 15 is 0 Å². The number of fused-ring (bicyclic) bond motifs is 1. The van der Waals surface area contributed by atoms with Crippen molar-refractivity contribution in [3.8, 4) is 0 Å². The third-order valence-electron chi connectivity index (χ3n) is 6.08. The van der Waals surface area contributed by atoms with E-state index in [0.717, 1.165) is 34.5 Å². The lowest BCUT2D eigenvalue weighted by Crippen LogP contribution is -2.36. The van der Waals surface area contributed by atoms with E-state index in [1.807, 2.05) is 38.2 Å². The van der Waals surface area contributed by atoms with Crippen molar-refractivity contribution in [2.24, 2.45) is 7.05 Å². The molecule has 0 aliphatic heterocycles. The molecule has 33 heavy (non-hydrogen) atoms. The van der Waals surface area contributed by atoms with Gasteiger partial charge in [0.15, 0.2) is 5.65 Å². The molecule has 4 rings (SSSR count). The van der Waals surface area contributed by atoms with Gasteiger partial charge in [-0.25, -0.2) is 4.98 Å². The summed E-state index contributed by atoms with van der Waals surface area (Å²) in [5, 5.41) is 11.4. The number of nitrogens with zero attached hydrogens (tertiary/aromatic N) is 3. The molecule has 3 aromatic rings. The Balaban J connectivity index is 1.39. The van der Waals surface area contributed by atoms with Crippen LogP contribution in [0.1, 0.15) is 61.0 Å². The van der Waals surface area contributed by atoms with Gasteiger partial charge in [-0.3, -0.25) is 14.3 Å². The van der Waals surface area contributed by atoms with Crippen LogP contribution in [0.3, 0.4) is 0 Å². The Bertz CT molecular complexity index is 1140. The van der Waals surface area contributed by atoms with Crippen molar-refractivity contribution in [3.63, 3.8) is 0 Å². The van der Waals surface area contributed by atoms with Gasteiger partial charge in [0.25, 0.3) is 5.91 Å². The van der Waals surface area contributed by atoms with E-state index in [2.05, 4.69) is 20.7 Å². The van der Waals surface area contributed by atoms with Crippen LogP contribution in [0, 0.1) is 6.92 Å². The summed E-state index contributed by atoms with van der Waals surface area (Å²) in [5.41, 5.74) is 2.80. The van der Waals surface area contributed by atoms with Gasteiger partial charge < -0.3 is 10.6 Å². The van der Waals surface area contributed by atoms with Gasteiger partial charge in [-0.05, 0) is 38.0 Å². The molecule has 0 atom stereocenters. The van der Waals surface area contributed by atoms with Crippen LogP contribution in [0.2, 0.25) is 0 Å². The van der Waals surface area contributed by atoms with Gasteiger partial charge in [0.1, 0.15) is 0 Å². The summed E-state index contributed by atoms with van der Waals surface area (Å²) in [6, 6.07) is 9.55. The zero-order chi connectivity index (χ0) is 23.2. The van der Waals surface area contributed by atoms with Gasteiger partial charge >= 0.3 is 0 Å². The third-order valence-corrected chi connectivity index (χ3v) is 7.16. The molecule has 0 radical (unpaired) electrons. The van der Waals surface area contributed by atoms with Crippen molar-refractivity contribution in [3.05, 3.63) is 47.8 Å². The molecule has 2 heterocycles. The molecule has 0 bridgehead atoms. The van der Waals surface area contributed by atoms with Crippen molar-refractivity contribution >= 4 is 40.3 Å². The zero-order valence-electron chi connectivity index (χ0n) is 19.3. The highest BCUT2D eigenvalue weighted by molar-refractivity contribution is 8.00. The molecule has 2 amide bonds. The third kappa shape index (κ3) is 5.93. The average Bonchev–Trinajstić information content (AvgIpc) is 3.07. The van der Waals surface area contributed by atoms with Gasteiger partial charge in [0.05, 0.1) is 28.9 Å². The number of aromatic nitrogens is 3. The Hall–Kier alpha value is -2.87. The molecular weight excluding hydrogens is 434 g/mol. The number of carbonyl (C=O) groups is 2. The minimum absolute atomic E-state index is 0.0301. The van der Waals surface area contributed by atoms with Crippen LogP contribution in [-0.2, 0) is 11.8 Å². The maximum Gasteiger partial charge on any atom is 0.256 e. The Morgan fingerprint density at radius 3 is 2.64 bits per heavy atom. The number of carbonyl (C=O) groups excluding carboxylic acids is 2. The molecule has 2 N–H and O–H groups in total. The fourth-order valence-corrected chi connectivity index (χ4v) is 5.23. The fraction of sp³-hybridized carbons (Fsp3) is 0.440. The number of anilines is 1. The molecule has 1 saturated carbocycles. The smallest absolute Gasteiger partial charge is 0.256 e. The highest BCUT2D eigenvalue weighted by Crippen LogP contribution is 2.25. The summed E-state index contributed by atoms with van der Waals surface area (Å²) in [5.74, 6) is 0.104. The molecule has 1 aliphatic carbocycles. The van der Waals surface area contributed by atoms with Gasteiger partial charge in [-0.1, -0.05) is 44.2 Å². The fourth-order valence-electron chi connectivity index (χ4n) is 4.37. The van der Waals surface area contributed by atoms with Crippen molar-refractivity contribution in [2.75, 3.05) is 11.1 Å². The van der Waals surface area contributed by atoms with Gasteiger partial charge in [-0.2, -0.15) is 5.10 Å². The second-order valence-electron chi connectivity index (χ2n) is 8.65. The summed E-state index contributed by atoms with van der Waals surface area (Å²) in [6.45, 7) is 1.92. The van der Waals surface area contributed by atoms with E-state index in [4.69, 9.17) is 0 Å². The van der Waals surface area contributed by atoms with Crippen LogP contribution in [0.15, 0.2) is 41.4 Å². The van der Waals surface area contributed by atoms with Crippen LogP contribution in [0.4, 0.5) is 5.69 Å². The van der Waals surface area contributed by atoms with Gasteiger partial charge in [0.2, 0.25) is 5.91 Å². The molecule has 1 fully saturated rings. The molecule has 7 nitrogen and oxygen atoms in total. The van der Waals surface area contributed by atoms with E-state index in [-0.39, 0.29) is 17.9 Å². The molecule has 174 valence electrons. The number of benzene rings is 1. The molecular formula is C25H31N5O2S. The normalized spacial score (nSPS) is 15.1. The minimum atomic E-state index is -0.221. The van der Waals surface area contributed by atoms with Crippen molar-refractivity contribution < 1.29 is 9.59 Å². The molecule has 0 spiro atoms. The number of pyridine rings is 1. The minimum Gasteiger partial charge on any atom is -0.353 e. The zero-order valence-corrected chi connectivity index (χ0v) is 20.1. The Morgan fingerprint density at radius 2 is 1.85 bits per heavy atom. The first-order valence-electron chi connectivity index (χ1n) is 11.6. The van der Waals surface area contributed by atoms with Crippen LogP contribution >= 0.6 is 11.8 Å². The lowest BCUT2D eigenvalue weighted by Gasteiger charge is -2.21. The van der Waals surface area contributed by atoms with E-state index in [1.165, 1.54) is 43.9 Å². The van der Waals surface area contributed by atoms with E-state index in [1.54, 1.807) is 16.9 Å².